The van der Waals surface area contributed by atoms with Gasteiger partial charge in [-0.3, -0.25) is 4.79 Å². The quantitative estimate of drug-likeness (QED) is 0.379. The molecule has 0 amide bonds. The van der Waals surface area contributed by atoms with Gasteiger partial charge in [-0.25, -0.2) is 9.59 Å². The smallest absolute Gasteiger partial charge is 0.347 e. The normalized spacial score (nSPS) is 27.9. The van der Waals surface area contributed by atoms with E-state index >= 15 is 0 Å². The highest BCUT2D eigenvalue weighted by Gasteiger charge is 2.72. The van der Waals surface area contributed by atoms with Gasteiger partial charge in [0, 0.05) is 18.0 Å². The third kappa shape index (κ3) is 3.25. The molecule has 0 unspecified atom stereocenters. The number of likely N-dealkylation sites (tertiary alicyclic amines) is 1. The van der Waals surface area contributed by atoms with Gasteiger partial charge in [-0.05, 0) is 68.8 Å². The van der Waals surface area contributed by atoms with Crippen LogP contribution in [0.2, 0.25) is 0 Å². The van der Waals surface area contributed by atoms with Crippen molar-refractivity contribution in [1.29, 1.82) is 0 Å². The van der Waals surface area contributed by atoms with Crippen molar-refractivity contribution in [3.63, 3.8) is 0 Å². The molecule has 204 valence electrons. The Morgan fingerprint density at radius 3 is 2.45 bits per heavy atom. The number of hydrogen-bond acceptors (Lipinski definition) is 9. The molecule has 2 aliphatic carbocycles. The number of piperidine rings is 1. The number of para-hydroxylation sites is 2. The van der Waals surface area contributed by atoms with Gasteiger partial charge in [-0.15, -0.1) is 0 Å². The van der Waals surface area contributed by atoms with Crippen molar-refractivity contribution in [3.05, 3.63) is 82.9 Å². The number of likely N-dealkylation sites (N-methyl/N-ethyl adjacent to an activating group) is 1. The Morgan fingerprint density at radius 1 is 0.950 bits per heavy atom. The van der Waals surface area contributed by atoms with Gasteiger partial charge in [-0.2, -0.15) is 0 Å². The Kier molecular flexibility index (Phi) is 5.36. The zero-order valence-electron chi connectivity index (χ0n) is 21.8. The summed E-state index contributed by atoms with van der Waals surface area (Å²) in [5.74, 6) is -1.49. The predicted molar refractivity (Wildman–Crippen MR) is 141 cm³/mol. The molecule has 4 atom stereocenters. The monoisotopic (exact) mass is 541 g/mol. The van der Waals surface area contributed by atoms with Gasteiger partial charge in [0.2, 0.25) is 0 Å². The van der Waals surface area contributed by atoms with Crippen LogP contribution in [0.25, 0.3) is 0 Å². The number of ether oxygens (including phenoxy) is 3. The number of hydrogen-bond donors (Lipinski definition) is 2. The van der Waals surface area contributed by atoms with Crippen LogP contribution in [0.3, 0.4) is 0 Å². The van der Waals surface area contributed by atoms with Crippen molar-refractivity contribution in [1.82, 2.24) is 4.90 Å². The Hall–Kier alpha value is -4.21. The van der Waals surface area contributed by atoms with Gasteiger partial charge in [0.25, 0.3) is 0 Å². The van der Waals surface area contributed by atoms with E-state index in [2.05, 4.69) is 4.90 Å². The summed E-state index contributed by atoms with van der Waals surface area (Å²) < 4.78 is 17.6. The molecule has 2 fully saturated rings. The van der Waals surface area contributed by atoms with Crippen molar-refractivity contribution in [2.45, 2.75) is 48.8 Å². The molecule has 3 aromatic rings. The van der Waals surface area contributed by atoms with Crippen LogP contribution in [0.4, 0.5) is 0 Å². The van der Waals surface area contributed by atoms with Crippen LogP contribution >= 0.6 is 0 Å². The Bertz CT molecular complexity index is 1600. The number of Topliss-reactive ketones (excluding diaryl/α,β-unsaturated/α-hetero) is 1. The van der Waals surface area contributed by atoms with Gasteiger partial charge in [0.05, 0.1) is 11.0 Å². The molecule has 4 aliphatic rings. The fraction of sp³-hybridized carbons (Fsp3) is 0.323. The van der Waals surface area contributed by atoms with Crippen LogP contribution in [0.15, 0.2) is 60.7 Å². The van der Waals surface area contributed by atoms with Crippen molar-refractivity contribution < 1.29 is 38.8 Å². The van der Waals surface area contributed by atoms with E-state index in [0.29, 0.717) is 31.6 Å². The maximum absolute atomic E-state index is 13.4. The maximum Gasteiger partial charge on any atom is 0.347 e. The summed E-state index contributed by atoms with van der Waals surface area (Å²) in [6.07, 6.45) is 0.889. The number of aromatic hydroxyl groups is 1. The van der Waals surface area contributed by atoms with Crippen molar-refractivity contribution in [2.75, 3.05) is 13.6 Å². The zero-order valence-corrected chi connectivity index (χ0v) is 21.8. The highest BCUT2D eigenvalue weighted by molar-refractivity contribution is 5.98. The number of esters is 2. The van der Waals surface area contributed by atoms with Crippen LogP contribution < -0.4 is 14.2 Å². The summed E-state index contributed by atoms with van der Waals surface area (Å²) in [7, 11) is 2.00. The molecule has 9 nitrogen and oxygen atoms in total. The van der Waals surface area contributed by atoms with E-state index in [-0.39, 0.29) is 46.6 Å². The largest absolute Gasteiger partial charge is 0.507 e. The van der Waals surface area contributed by atoms with Crippen LogP contribution in [0.5, 0.6) is 23.0 Å². The third-order valence-corrected chi connectivity index (χ3v) is 9.15. The van der Waals surface area contributed by atoms with Gasteiger partial charge in [-0.1, -0.05) is 30.3 Å². The van der Waals surface area contributed by atoms with E-state index < -0.39 is 29.1 Å². The summed E-state index contributed by atoms with van der Waals surface area (Å²) in [6.45, 7) is 0.707. The van der Waals surface area contributed by atoms with Crippen LogP contribution in [-0.4, -0.2) is 64.2 Å². The summed E-state index contributed by atoms with van der Waals surface area (Å²) >= 11 is 0. The number of carbonyl (C=O) groups excluding carboxylic acids is 3. The number of benzene rings is 3. The Labute approximate surface area is 229 Å². The molecule has 3 aromatic carbocycles. The van der Waals surface area contributed by atoms with Crippen LogP contribution in [0.1, 0.15) is 51.1 Å². The number of nitrogens with zero attached hydrogens (tertiary/aromatic N) is 1. The number of aliphatic hydroxyl groups is 1. The molecule has 2 heterocycles. The van der Waals surface area contributed by atoms with Crippen molar-refractivity contribution >= 4 is 17.7 Å². The molecule has 1 spiro atoms. The third-order valence-electron chi connectivity index (χ3n) is 9.15. The zero-order chi connectivity index (χ0) is 27.8. The average Bonchev–Trinajstić information content (AvgIpc) is 3.30. The minimum absolute atomic E-state index is 0.00305. The van der Waals surface area contributed by atoms with Gasteiger partial charge in [0.15, 0.2) is 23.4 Å². The molecule has 9 heteroatoms. The first-order chi connectivity index (χ1) is 19.2. The molecule has 7 rings (SSSR count). The lowest BCUT2D eigenvalue weighted by Crippen LogP contribution is -2.76. The number of ketones is 1. The molecule has 2 bridgehead atoms. The summed E-state index contributed by atoms with van der Waals surface area (Å²) in [6, 6.07) is 15.5. The lowest BCUT2D eigenvalue weighted by molar-refractivity contribution is -0.185. The van der Waals surface area contributed by atoms with Gasteiger partial charge in [0.1, 0.15) is 22.6 Å². The fourth-order valence-corrected chi connectivity index (χ4v) is 7.29. The molecular weight excluding hydrogens is 514 g/mol. The first-order valence-electron chi connectivity index (χ1n) is 13.3. The molecule has 1 saturated heterocycles. The highest BCUT2D eigenvalue weighted by atomic mass is 16.6. The van der Waals surface area contributed by atoms with Crippen molar-refractivity contribution in [2.24, 2.45) is 0 Å². The second kappa shape index (κ2) is 8.64. The Balaban J connectivity index is 1.24. The van der Waals surface area contributed by atoms with E-state index in [4.69, 9.17) is 14.2 Å². The lowest BCUT2D eigenvalue weighted by atomic mass is 9.49. The highest BCUT2D eigenvalue weighted by Crippen LogP contribution is 2.64. The molecule has 2 N–H and O–H groups in total. The number of rotatable bonds is 4. The summed E-state index contributed by atoms with van der Waals surface area (Å²) in [5, 5.41) is 22.2. The van der Waals surface area contributed by atoms with E-state index in [1.54, 1.807) is 30.3 Å². The predicted octanol–water partition coefficient (Wildman–Crippen LogP) is 3.18. The topological polar surface area (TPSA) is 123 Å². The lowest BCUT2D eigenvalue weighted by Gasteiger charge is -2.62. The van der Waals surface area contributed by atoms with E-state index in [9.17, 15) is 24.6 Å². The van der Waals surface area contributed by atoms with Gasteiger partial charge < -0.3 is 29.3 Å². The number of carbonyl (C=O) groups is 3. The first kappa shape index (κ1) is 24.8. The molecule has 0 aromatic heterocycles. The molecule has 2 aliphatic heterocycles. The van der Waals surface area contributed by atoms with Crippen LogP contribution in [0, 0.1) is 0 Å². The average molecular weight is 542 g/mol. The SMILES string of the molecule is CN1CC[C@]23c4c5ccc(OC(=O)c6ccccc6OC(=O)c6ccccc6O)c4O[C@H]2C(=O)CC[C@@]3(O)[C@H]1C5. The number of phenolic OH excluding ortho intramolecular Hbond substituents is 1. The Morgan fingerprint density at radius 2 is 1.65 bits per heavy atom. The summed E-state index contributed by atoms with van der Waals surface area (Å²) in [5.41, 5.74) is -0.333. The second-order valence-corrected chi connectivity index (χ2v) is 11.0. The van der Waals surface area contributed by atoms with E-state index in [1.807, 2.05) is 13.1 Å². The van der Waals surface area contributed by atoms with Crippen LogP contribution in [-0.2, 0) is 16.6 Å². The minimum Gasteiger partial charge on any atom is -0.507 e. The number of phenols is 1. The second-order valence-electron chi connectivity index (χ2n) is 11.0. The molecular formula is C31H27NO8. The fourth-order valence-electron chi connectivity index (χ4n) is 7.29. The molecule has 0 radical (unpaired) electrons. The first-order valence-corrected chi connectivity index (χ1v) is 13.3. The minimum atomic E-state index is -1.14. The summed E-state index contributed by atoms with van der Waals surface area (Å²) in [4.78, 5) is 41.5. The molecule has 40 heavy (non-hydrogen) atoms. The molecule has 1 saturated carbocycles. The standard InChI is InChI=1S/C31H27NO8/c1-32-15-14-30-25-17-10-11-23(26(25)40-27(30)21(34)12-13-31(30,37)24(32)16-17)39-29(36)19-7-3-5-9-22(19)38-28(35)18-6-2-4-8-20(18)33/h2-11,24,27,33,37H,12-16H2,1H3/t24-,27+,30+,31-/m1/s1. The van der Waals surface area contributed by atoms with E-state index in [1.165, 1.54) is 24.3 Å². The maximum atomic E-state index is 13.4. The van der Waals surface area contributed by atoms with E-state index in [0.717, 1.165) is 11.1 Å². The van der Waals surface area contributed by atoms with Gasteiger partial charge >= 0.3 is 11.9 Å². The van der Waals surface area contributed by atoms with Crippen molar-refractivity contribution in [3.8, 4) is 23.0 Å².